The van der Waals surface area contributed by atoms with Crippen LogP contribution in [0, 0.1) is 5.82 Å². The molecule has 3 nitrogen and oxygen atoms in total. The molecule has 1 unspecified atom stereocenters. The van der Waals surface area contributed by atoms with Crippen molar-refractivity contribution in [2.24, 2.45) is 0 Å². The first-order valence-electron chi connectivity index (χ1n) is 5.52. The number of ether oxygens (including phenoxy) is 1. The lowest BCUT2D eigenvalue weighted by Gasteiger charge is -2.33. The number of aliphatic hydroxyl groups is 1. The summed E-state index contributed by atoms with van der Waals surface area (Å²) < 4.78 is 19.0. The van der Waals surface area contributed by atoms with Gasteiger partial charge >= 0.3 is 0 Å². The number of halogens is 1. The number of pyridine rings is 1. The minimum Gasteiger partial charge on any atom is -0.385 e. The maximum absolute atomic E-state index is 13.5. The molecule has 1 atom stereocenters. The van der Waals surface area contributed by atoms with Gasteiger partial charge in [-0.25, -0.2) is 4.39 Å². The fraction of sp³-hybridized carbons (Fsp3) is 0.583. The summed E-state index contributed by atoms with van der Waals surface area (Å²) in [6.45, 7) is 0. The van der Waals surface area contributed by atoms with E-state index in [0.29, 0.717) is 0 Å². The summed E-state index contributed by atoms with van der Waals surface area (Å²) >= 11 is 0. The maximum Gasteiger partial charge on any atom is 0.147 e. The van der Waals surface area contributed by atoms with E-state index in [1.54, 1.807) is 7.11 Å². The van der Waals surface area contributed by atoms with E-state index in [1.165, 1.54) is 12.3 Å². The summed E-state index contributed by atoms with van der Waals surface area (Å²) in [5, 5.41) is 10.3. The van der Waals surface area contributed by atoms with Crippen LogP contribution < -0.4 is 0 Å². The number of rotatable bonds is 3. The third-order valence-electron chi connectivity index (χ3n) is 3.45. The number of hydrogen-bond donors (Lipinski definition) is 1. The van der Waals surface area contributed by atoms with Gasteiger partial charge in [-0.05, 0) is 18.9 Å². The molecule has 1 fully saturated rings. The molecule has 0 radical (unpaired) electrons. The van der Waals surface area contributed by atoms with Crippen molar-refractivity contribution in [3.63, 3.8) is 0 Å². The van der Waals surface area contributed by atoms with Gasteiger partial charge in [0.15, 0.2) is 0 Å². The van der Waals surface area contributed by atoms with Crippen molar-refractivity contribution in [2.45, 2.75) is 37.4 Å². The number of aromatic nitrogens is 1. The van der Waals surface area contributed by atoms with Crippen LogP contribution in [0.5, 0.6) is 0 Å². The van der Waals surface area contributed by atoms with Gasteiger partial charge in [-0.15, -0.1) is 0 Å². The van der Waals surface area contributed by atoms with Crippen molar-refractivity contribution in [3.05, 3.63) is 29.8 Å². The van der Waals surface area contributed by atoms with E-state index >= 15 is 0 Å². The van der Waals surface area contributed by atoms with Crippen LogP contribution in [0.4, 0.5) is 4.39 Å². The van der Waals surface area contributed by atoms with Crippen LogP contribution in [0.2, 0.25) is 0 Å². The fourth-order valence-electron chi connectivity index (χ4n) is 2.45. The predicted octanol–water partition coefficient (Wildman–Crippen LogP) is 2.21. The smallest absolute Gasteiger partial charge is 0.147 e. The second kappa shape index (κ2) is 4.47. The summed E-state index contributed by atoms with van der Waals surface area (Å²) in [5.41, 5.74) is -0.346. The molecule has 1 aliphatic carbocycles. The number of methoxy groups -OCH3 is 1. The molecule has 0 saturated heterocycles. The Kier molecular flexibility index (Phi) is 3.21. The molecule has 0 aromatic carbocycles. The van der Waals surface area contributed by atoms with Gasteiger partial charge in [-0.3, -0.25) is 4.98 Å². The van der Waals surface area contributed by atoms with Crippen LogP contribution in [0.15, 0.2) is 18.5 Å². The highest BCUT2D eigenvalue weighted by molar-refractivity contribution is 5.20. The Morgan fingerprint density at radius 2 is 2.19 bits per heavy atom. The molecule has 0 amide bonds. The zero-order valence-electron chi connectivity index (χ0n) is 9.32. The second-order valence-electron chi connectivity index (χ2n) is 4.28. The normalized spacial score (nSPS) is 20.9. The van der Waals surface area contributed by atoms with E-state index in [0.717, 1.165) is 31.9 Å². The molecule has 88 valence electrons. The fourth-order valence-corrected chi connectivity index (χ4v) is 2.45. The van der Waals surface area contributed by atoms with Gasteiger partial charge in [-0.1, -0.05) is 12.8 Å². The minimum atomic E-state index is -0.914. The van der Waals surface area contributed by atoms with Crippen LogP contribution in [-0.2, 0) is 4.74 Å². The molecule has 2 rings (SSSR count). The van der Waals surface area contributed by atoms with Crippen LogP contribution >= 0.6 is 0 Å². The molecular formula is C12H16FNO2. The first kappa shape index (κ1) is 11.5. The van der Waals surface area contributed by atoms with Gasteiger partial charge < -0.3 is 9.84 Å². The number of hydrogen-bond acceptors (Lipinski definition) is 3. The van der Waals surface area contributed by atoms with Gasteiger partial charge in [0.25, 0.3) is 0 Å². The Morgan fingerprint density at radius 3 is 2.75 bits per heavy atom. The van der Waals surface area contributed by atoms with Crippen LogP contribution in [0.3, 0.4) is 0 Å². The molecule has 16 heavy (non-hydrogen) atoms. The Balaban J connectivity index is 2.30. The Bertz CT molecular complexity index is 364. The largest absolute Gasteiger partial charge is 0.385 e. The average Bonchev–Trinajstić information content (AvgIpc) is 2.78. The molecule has 1 N–H and O–H groups in total. The lowest BCUT2D eigenvalue weighted by Crippen LogP contribution is -2.36. The summed E-state index contributed by atoms with van der Waals surface area (Å²) in [6.07, 6.45) is 5.26. The zero-order valence-corrected chi connectivity index (χ0v) is 9.32. The van der Waals surface area contributed by atoms with Crippen molar-refractivity contribution in [2.75, 3.05) is 7.11 Å². The molecule has 1 heterocycles. The number of aliphatic hydroxyl groups excluding tert-OH is 1. The average molecular weight is 225 g/mol. The van der Waals surface area contributed by atoms with Crippen molar-refractivity contribution < 1.29 is 14.2 Å². The molecule has 4 heteroatoms. The van der Waals surface area contributed by atoms with Crippen molar-refractivity contribution >= 4 is 0 Å². The van der Waals surface area contributed by atoms with E-state index in [-0.39, 0.29) is 5.56 Å². The van der Waals surface area contributed by atoms with Crippen molar-refractivity contribution in [1.29, 1.82) is 0 Å². The highest BCUT2D eigenvalue weighted by atomic mass is 19.1. The highest BCUT2D eigenvalue weighted by Crippen LogP contribution is 2.42. The molecule has 1 saturated carbocycles. The monoisotopic (exact) mass is 225 g/mol. The lowest BCUT2D eigenvalue weighted by molar-refractivity contribution is -0.101. The van der Waals surface area contributed by atoms with Gasteiger partial charge in [-0.2, -0.15) is 0 Å². The van der Waals surface area contributed by atoms with Gasteiger partial charge in [0.1, 0.15) is 11.9 Å². The molecule has 0 bridgehead atoms. The summed E-state index contributed by atoms with van der Waals surface area (Å²) in [4.78, 5) is 3.68. The lowest BCUT2D eigenvalue weighted by atomic mass is 9.89. The van der Waals surface area contributed by atoms with E-state index < -0.39 is 17.5 Å². The van der Waals surface area contributed by atoms with Gasteiger partial charge in [0.2, 0.25) is 0 Å². The molecular weight excluding hydrogens is 209 g/mol. The first-order valence-corrected chi connectivity index (χ1v) is 5.52. The maximum atomic E-state index is 13.5. The van der Waals surface area contributed by atoms with E-state index in [9.17, 15) is 9.50 Å². The van der Waals surface area contributed by atoms with Crippen molar-refractivity contribution in [3.8, 4) is 0 Å². The Hall–Kier alpha value is -1.00. The SMILES string of the molecule is COC1(C(O)c2ccncc2F)CCCC1. The van der Waals surface area contributed by atoms with E-state index in [1.807, 2.05) is 0 Å². The van der Waals surface area contributed by atoms with Crippen LogP contribution in [0.1, 0.15) is 37.4 Å². The predicted molar refractivity (Wildman–Crippen MR) is 57.4 cm³/mol. The van der Waals surface area contributed by atoms with Crippen LogP contribution in [0.25, 0.3) is 0 Å². The molecule has 1 aromatic heterocycles. The third kappa shape index (κ3) is 1.83. The summed E-state index contributed by atoms with van der Waals surface area (Å²) in [7, 11) is 1.58. The summed E-state index contributed by atoms with van der Waals surface area (Å²) in [6, 6.07) is 1.51. The highest BCUT2D eigenvalue weighted by Gasteiger charge is 2.42. The van der Waals surface area contributed by atoms with Gasteiger partial charge in [0, 0.05) is 18.9 Å². The minimum absolute atomic E-state index is 0.277. The molecule has 0 spiro atoms. The van der Waals surface area contributed by atoms with E-state index in [4.69, 9.17) is 4.74 Å². The Morgan fingerprint density at radius 1 is 1.50 bits per heavy atom. The van der Waals surface area contributed by atoms with E-state index in [2.05, 4.69) is 4.98 Å². The summed E-state index contributed by atoms with van der Waals surface area (Å²) in [5.74, 6) is -0.474. The van der Waals surface area contributed by atoms with Crippen LogP contribution in [-0.4, -0.2) is 22.8 Å². The molecule has 1 aromatic rings. The standard InChI is InChI=1S/C12H16FNO2/c1-16-12(5-2-3-6-12)11(15)9-4-7-14-8-10(9)13/h4,7-8,11,15H,2-3,5-6H2,1H3. The Labute approximate surface area is 94.3 Å². The topological polar surface area (TPSA) is 42.4 Å². The third-order valence-corrected chi connectivity index (χ3v) is 3.45. The molecule has 1 aliphatic rings. The first-order chi connectivity index (χ1) is 7.69. The zero-order chi connectivity index (χ0) is 11.6. The van der Waals surface area contributed by atoms with Crippen molar-refractivity contribution in [1.82, 2.24) is 4.98 Å². The molecule has 0 aliphatic heterocycles. The number of nitrogens with zero attached hydrogens (tertiary/aromatic N) is 1. The van der Waals surface area contributed by atoms with Gasteiger partial charge in [0.05, 0.1) is 11.8 Å². The second-order valence-corrected chi connectivity index (χ2v) is 4.28. The quantitative estimate of drug-likeness (QED) is 0.857.